The maximum atomic E-state index is 12.6. The minimum absolute atomic E-state index is 0.0937. The van der Waals surface area contributed by atoms with Crippen LogP contribution in [0, 0.1) is 5.92 Å². The van der Waals surface area contributed by atoms with Gasteiger partial charge in [0.1, 0.15) is 0 Å². The summed E-state index contributed by atoms with van der Waals surface area (Å²) >= 11 is 1.68. The number of benzene rings is 1. The zero-order valence-corrected chi connectivity index (χ0v) is 12.9. The molecule has 110 valence electrons. The van der Waals surface area contributed by atoms with Gasteiger partial charge in [0.25, 0.3) is 5.56 Å². The first kappa shape index (κ1) is 13.1. The summed E-state index contributed by atoms with van der Waals surface area (Å²) in [6.07, 6.45) is 3.74. The second kappa shape index (κ2) is 4.70. The molecule has 3 N–H and O–H groups in total. The Labute approximate surface area is 127 Å². The normalized spacial score (nSPS) is 21.7. The SMILES string of the molecule is Cn1c(=O)c2c(c3cc(N)ccc31)N[C@@H](C1CC1)CCS2. The highest BCUT2D eigenvalue weighted by Gasteiger charge is 2.33. The van der Waals surface area contributed by atoms with E-state index in [0.717, 1.165) is 45.3 Å². The largest absolute Gasteiger partial charge is 0.399 e. The van der Waals surface area contributed by atoms with Crippen LogP contribution in [0.25, 0.3) is 10.9 Å². The number of hydrogen-bond acceptors (Lipinski definition) is 4. The van der Waals surface area contributed by atoms with Crippen molar-refractivity contribution in [2.24, 2.45) is 13.0 Å². The zero-order valence-electron chi connectivity index (χ0n) is 12.1. The van der Waals surface area contributed by atoms with Crippen molar-refractivity contribution in [3.8, 4) is 0 Å². The van der Waals surface area contributed by atoms with E-state index in [9.17, 15) is 4.79 Å². The number of nitrogens with one attached hydrogen (secondary N) is 1. The van der Waals surface area contributed by atoms with E-state index < -0.39 is 0 Å². The molecule has 0 unspecified atom stereocenters. The molecule has 0 spiro atoms. The highest BCUT2D eigenvalue weighted by molar-refractivity contribution is 7.99. The third kappa shape index (κ3) is 2.11. The summed E-state index contributed by atoms with van der Waals surface area (Å²) in [4.78, 5) is 13.5. The molecule has 1 aromatic carbocycles. The lowest BCUT2D eigenvalue weighted by Gasteiger charge is -2.19. The molecular formula is C16H19N3OS. The summed E-state index contributed by atoms with van der Waals surface area (Å²) in [7, 11) is 1.84. The Morgan fingerprint density at radius 3 is 2.90 bits per heavy atom. The number of rotatable bonds is 1. The minimum Gasteiger partial charge on any atom is -0.399 e. The summed E-state index contributed by atoms with van der Waals surface area (Å²) in [6.45, 7) is 0. The molecule has 0 amide bonds. The fraction of sp³-hybridized carbons (Fsp3) is 0.438. The molecular weight excluding hydrogens is 282 g/mol. The van der Waals surface area contributed by atoms with Crippen molar-refractivity contribution in [2.75, 3.05) is 16.8 Å². The van der Waals surface area contributed by atoms with Gasteiger partial charge in [-0.3, -0.25) is 4.79 Å². The van der Waals surface area contributed by atoms with Crippen LogP contribution in [-0.2, 0) is 7.05 Å². The molecule has 1 aromatic heterocycles. The molecule has 1 saturated carbocycles. The topological polar surface area (TPSA) is 60.0 Å². The summed E-state index contributed by atoms with van der Waals surface area (Å²) in [5.74, 6) is 1.78. The number of thioether (sulfide) groups is 1. The van der Waals surface area contributed by atoms with Crippen LogP contribution >= 0.6 is 11.8 Å². The molecule has 2 aromatic rings. The van der Waals surface area contributed by atoms with E-state index in [-0.39, 0.29) is 5.56 Å². The van der Waals surface area contributed by atoms with E-state index in [0.29, 0.717) is 6.04 Å². The molecule has 4 rings (SSSR count). The van der Waals surface area contributed by atoms with Gasteiger partial charge in [-0.05, 0) is 43.4 Å². The van der Waals surface area contributed by atoms with E-state index in [1.165, 1.54) is 12.8 Å². The number of fused-ring (bicyclic) bond motifs is 3. The monoisotopic (exact) mass is 301 g/mol. The van der Waals surface area contributed by atoms with Crippen molar-refractivity contribution in [3.63, 3.8) is 0 Å². The van der Waals surface area contributed by atoms with Gasteiger partial charge in [0.05, 0.1) is 16.1 Å². The number of hydrogen-bond donors (Lipinski definition) is 2. The van der Waals surface area contributed by atoms with Gasteiger partial charge in [-0.25, -0.2) is 0 Å². The van der Waals surface area contributed by atoms with Crippen LogP contribution in [0.5, 0.6) is 0 Å². The van der Waals surface area contributed by atoms with Gasteiger partial charge in [-0.2, -0.15) is 0 Å². The Balaban J connectivity index is 1.98. The molecule has 2 aliphatic rings. The Bertz CT molecular complexity index is 779. The Morgan fingerprint density at radius 1 is 1.33 bits per heavy atom. The zero-order chi connectivity index (χ0) is 14.6. The van der Waals surface area contributed by atoms with Crippen molar-refractivity contribution < 1.29 is 0 Å². The van der Waals surface area contributed by atoms with Crippen molar-refractivity contribution >= 4 is 34.0 Å². The predicted octanol–water partition coefficient (Wildman–Crippen LogP) is 2.81. The first-order valence-corrected chi connectivity index (χ1v) is 8.45. The quantitative estimate of drug-likeness (QED) is 0.795. The Morgan fingerprint density at radius 2 is 2.14 bits per heavy atom. The number of nitrogens with zero attached hydrogens (tertiary/aromatic N) is 1. The molecule has 0 saturated heterocycles. The molecule has 1 aliphatic carbocycles. The van der Waals surface area contributed by atoms with Gasteiger partial charge >= 0.3 is 0 Å². The van der Waals surface area contributed by atoms with E-state index in [2.05, 4.69) is 5.32 Å². The van der Waals surface area contributed by atoms with Crippen molar-refractivity contribution in [1.82, 2.24) is 4.57 Å². The van der Waals surface area contributed by atoms with Crippen LogP contribution in [-0.4, -0.2) is 16.4 Å². The van der Waals surface area contributed by atoms with Crippen LogP contribution < -0.4 is 16.6 Å². The first-order valence-electron chi connectivity index (χ1n) is 7.46. The third-order valence-corrected chi connectivity index (χ3v) is 5.68. The van der Waals surface area contributed by atoms with Crippen LogP contribution in [0.4, 0.5) is 11.4 Å². The predicted molar refractivity (Wildman–Crippen MR) is 89.1 cm³/mol. The van der Waals surface area contributed by atoms with Gasteiger partial charge in [-0.15, -0.1) is 11.8 Å². The van der Waals surface area contributed by atoms with Gasteiger partial charge in [0, 0.05) is 29.9 Å². The summed E-state index contributed by atoms with van der Waals surface area (Å²) in [5.41, 5.74) is 8.74. The van der Waals surface area contributed by atoms with E-state index in [1.807, 2.05) is 25.2 Å². The van der Waals surface area contributed by atoms with Crippen LogP contribution in [0.15, 0.2) is 27.9 Å². The Hall–Kier alpha value is -1.62. The summed E-state index contributed by atoms with van der Waals surface area (Å²) in [5, 5.41) is 4.73. The number of aromatic nitrogens is 1. The molecule has 1 atom stereocenters. The summed E-state index contributed by atoms with van der Waals surface area (Å²) < 4.78 is 1.74. The molecule has 21 heavy (non-hydrogen) atoms. The molecule has 1 aliphatic heterocycles. The van der Waals surface area contributed by atoms with Crippen molar-refractivity contribution in [2.45, 2.75) is 30.2 Å². The second-order valence-corrected chi connectivity index (χ2v) is 7.18. The fourth-order valence-corrected chi connectivity index (χ4v) is 4.36. The smallest absolute Gasteiger partial charge is 0.266 e. The number of nitrogens with two attached hydrogens (primary N) is 1. The van der Waals surface area contributed by atoms with Gasteiger partial charge in [0.2, 0.25) is 0 Å². The lowest BCUT2D eigenvalue weighted by molar-refractivity contribution is 0.623. The molecule has 1 fully saturated rings. The van der Waals surface area contributed by atoms with Gasteiger partial charge in [-0.1, -0.05) is 0 Å². The molecule has 0 bridgehead atoms. The third-order valence-electron chi connectivity index (χ3n) is 4.57. The van der Waals surface area contributed by atoms with Gasteiger partial charge in [0.15, 0.2) is 0 Å². The number of pyridine rings is 1. The number of aryl methyl sites for hydroxylation is 1. The average molecular weight is 301 g/mol. The lowest BCUT2D eigenvalue weighted by Crippen LogP contribution is -2.24. The molecule has 4 nitrogen and oxygen atoms in total. The molecule has 0 radical (unpaired) electrons. The maximum absolute atomic E-state index is 12.6. The van der Waals surface area contributed by atoms with E-state index in [1.54, 1.807) is 16.3 Å². The highest BCUT2D eigenvalue weighted by atomic mass is 32.2. The highest BCUT2D eigenvalue weighted by Crippen LogP contribution is 2.42. The van der Waals surface area contributed by atoms with Crippen LogP contribution in [0.3, 0.4) is 0 Å². The second-order valence-electron chi connectivity index (χ2n) is 6.07. The van der Waals surface area contributed by atoms with E-state index >= 15 is 0 Å². The average Bonchev–Trinajstić information content (AvgIpc) is 3.29. The Kier molecular flexibility index (Phi) is 2.92. The summed E-state index contributed by atoms with van der Waals surface area (Å²) in [6, 6.07) is 6.28. The van der Waals surface area contributed by atoms with Crippen molar-refractivity contribution in [1.29, 1.82) is 0 Å². The van der Waals surface area contributed by atoms with Crippen LogP contribution in [0.1, 0.15) is 19.3 Å². The lowest BCUT2D eigenvalue weighted by atomic mass is 10.1. The first-order chi connectivity index (χ1) is 10.1. The minimum atomic E-state index is 0.0937. The van der Waals surface area contributed by atoms with Crippen LogP contribution in [0.2, 0.25) is 0 Å². The number of nitrogen functional groups attached to an aromatic ring is 1. The molecule has 5 heteroatoms. The van der Waals surface area contributed by atoms with E-state index in [4.69, 9.17) is 5.73 Å². The van der Waals surface area contributed by atoms with Crippen molar-refractivity contribution in [3.05, 3.63) is 28.6 Å². The molecule has 2 heterocycles. The maximum Gasteiger partial charge on any atom is 0.266 e. The number of anilines is 2. The standard InChI is InChI=1S/C16H19N3OS/c1-19-13-5-4-10(17)8-11(13)14-15(16(19)20)21-7-6-12(18-14)9-2-3-9/h4-5,8-9,12,18H,2-3,6-7,17H2,1H3/t12-/m1/s1. The fourth-order valence-electron chi connectivity index (χ4n) is 3.21. The van der Waals surface area contributed by atoms with Gasteiger partial charge < -0.3 is 15.6 Å².